The van der Waals surface area contributed by atoms with Crippen molar-refractivity contribution >= 4 is 10.9 Å². The molecule has 0 amide bonds. The zero-order valence-corrected chi connectivity index (χ0v) is 12.4. The molecule has 0 saturated carbocycles. The number of aromatic amines is 1. The number of nitrogens with zero attached hydrogens (tertiary/aromatic N) is 2. The molecule has 3 rings (SSSR count). The lowest BCUT2D eigenvalue weighted by atomic mass is 9.82. The average Bonchev–Trinajstić information content (AvgIpc) is 2.95. The summed E-state index contributed by atoms with van der Waals surface area (Å²) in [5.74, 6) is 0. The summed E-state index contributed by atoms with van der Waals surface area (Å²) in [7, 11) is 4.07. The van der Waals surface area contributed by atoms with Crippen molar-refractivity contribution < 1.29 is 0 Å². The Kier molecular flexibility index (Phi) is 3.49. The van der Waals surface area contributed by atoms with Gasteiger partial charge in [0.1, 0.15) is 0 Å². The highest BCUT2D eigenvalue weighted by molar-refractivity contribution is 5.83. The highest BCUT2D eigenvalue weighted by Gasteiger charge is 2.32. The lowest BCUT2D eigenvalue weighted by molar-refractivity contribution is 0.322. The summed E-state index contributed by atoms with van der Waals surface area (Å²) in [6.45, 7) is 0.711. The van der Waals surface area contributed by atoms with Crippen LogP contribution in [0.2, 0.25) is 0 Å². The van der Waals surface area contributed by atoms with Crippen molar-refractivity contribution in [3.05, 3.63) is 66.1 Å². The van der Waals surface area contributed by atoms with Gasteiger partial charge in [-0.3, -0.25) is 4.98 Å². The van der Waals surface area contributed by atoms with Crippen LogP contribution in [0.3, 0.4) is 0 Å². The molecule has 0 aliphatic rings. The lowest BCUT2D eigenvalue weighted by Gasteiger charge is -2.33. The number of hydrogen-bond donors (Lipinski definition) is 2. The molecule has 0 saturated heterocycles. The molecule has 0 aliphatic carbocycles. The van der Waals surface area contributed by atoms with E-state index in [1.165, 1.54) is 0 Å². The second-order valence-corrected chi connectivity index (χ2v) is 5.70. The first kappa shape index (κ1) is 13.8. The fourth-order valence-corrected chi connectivity index (χ4v) is 2.90. The van der Waals surface area contributed by atoms with Gasteiger partial charge < -0.3 is 15.6 Å². The van der Waals surface area contributed by atoms with E-state index in [4.69, 9.17) is 5.73 Å². The first-order valence-electron chi connectivity index (χ1n) is 7.02. The van der Waals surface area contributed by atoms with Crippen LogP contribution < -0.4 is 5.73 Å². The van der Waals surface area contributed by atoms with Gasteiger partial charge >= 0.3 is 0 Å². The van der Waals surface area contributed by atoms with Crippen molar-refractivity contribution in [2.24, 2.45) is 5.73 Å². The first-order valence-corrected chi connectivity index (χ1v) is 7.02. The van der Waals surface area contributed by atoms with Crippen molar-refractivity contribution in [2.45, 2.75) is 5.54 Å². The summed E-state index contributed by atoms with van der Waals surface area (Å²) < 4.78 is 0. The number of benzene rings is 1. The van der Waals surface area contributed by atoms with E-state index in [1.807, 2.05) is 50.9 Å². The molecule has 0 bridgehead atoms. The van der Waals surface area contributed by atoms with E-state index in [9.17, 15) is 0 Å². The van der Waals surface area contributed by atoms with Crippen LogP contribution >= 0.6 is 0 Å². The fraction of sp³-hybridized carbons (Fsp3) is 0.235. The molecule has 0 radical (unpaired) electrons. The van der Waals surface area contributed by atoms with Gasteiger partial charge in [-0.2, -0.15) is 0 Å². The maximum atomic E-state index is 6.87. The molecule has 1 atom stereocenters. The van der Waals surface area contributed by atoms with Gasteiger partial charge in [-0.1, -0.05) is 30.3 Å². The normalized spacial score (nSPS) is 14.5. The SMILES string of the molecule is CN(C)CC(N)(c1ccccc1)c1cncc2[nH]ccc12. The van der Waals surface area contributed by atoms with Gasteiger partial charge in [0, 0.05) is 29.9 Å². The number of nitrogens with two attached hydrogens (primary N) is 1. The molecule has 4 heteroatoms. The molecular formula is C17H20N4. The summed E-state index contributed by atoms with van der Waals surface area (Å²) in [5, 5.41) is 1.12. The maximum Gasteiger partial charge on any atom is 0.0816 e. The molecule has 0 aliphatic heterocycles. The summed E-state index contributed by atoms with van der Waals surface area (Å²) in [6.07, 6.45) is 5.64. The molecule has 3 N–H and O–H groups in total. The van der Waals surface area contributed by atoms with Gasteiger partial charge in [-0.15, -0.1) is 0 Å². The molecule has 1 aromatic carbocycles. The van der Waals surface area contributed by atoms with E-state index in [-0.39, 0.29) is 0 Å². The summed E-state index contributed by atoms with van der Waals surface area (Å²) >= 11 is 0. The Morgan fingerprint density at radius 3 is 2.62 bits per heavy atom. The molecule has 0 spiro atoms. The number of nitrogens with one attached hydrogen (secondary N) is 1. The Hall–Kier alpha value is -2.17. The van der Waals surface area contributed by atoms with Crippen LogP contribution in [0.1, 0.15) is 11.1 Å². The Morgan fingerprint density at radius 2 is 1.90 bits per heavy atom. The van der Waals surface area contributed by atoms with Gasteiger partial charge in [0.2, 0.25) is 0 Å². The van der Waals surface area contributed by atoms with Gasteiger partial charge in [-0.05, 0) is 25.7 Å². The van der Waals surface area contributed by atoms with Crippen LogP contribution in [0.25, 0.3) is 10.9 Å². The van der Waals surface area contributed by atoms with E-state index in [2.05, 4.69) is 33.1 Å². The monoisotopic (exact) mass is 280 g/mol. The van der Waals surface area contributed by atoms with Crippen molar-refractivity contribution in [1.29, 1.82) is 0 Å². The van der Waals surface area contributed by atoms with Crippen molar-refractivity contribution in [1.82, 2.24) is 14.9 Å². The molecule has 21 heavy (non-hydrogen) atoms. The number of aromatic nitrogens is 2. The van der Waals surface area contributed by atoms with Crippen molar-refractivity contribution in [3.63, 3.8) is 0 Å². The Bertz CT molecular complexity index is 733. The van der Waals surface area contributed by atoms with E-state index in [0.717, 1.165) is 22.0 Å². The van der Waals surface area contributed by atoms with Crippen LogP contribution in [0, 0.1) is 0 Å². The predicted molar refractivity (Wildman–Crippen MR) is 86.1 cm³/mol. The maximum absolute atomic E-state index is 6.87. The molecule has 2 heterocycles. The van der Waals surface area contributed by atoms with Gasteiger partial charge in [-0.25, -0.2) is 0 Å². The number of fused-ring (bicyclic) bond motifs is 1. The Balaban J connectivity index is 2.22. The third-order valence-electron chi connectivity index (χ3n) is 3.81. The highest BCUT2D eigenvalue weighted by atomic mass is 15.1. The van der Waals surface area contributed by atoms with E-state index >= 15 is 0 Å². The van der Waals surface area contributed by atoms with Crippen LogP contribution in [-0.4, -0.2) is 35.5 Å². The smallest absolute Gasteiger partial charge is 0.0816 e. The Morgan fingerprint density at radius 1 is 1.14 bits per heavy atom. The lowest BCUT2D eigenvalue weighted by Crippen LogP contribution is -2.46. The van der Waals surface area contributed by atoms with E-state index < -0.39 is 5.54 Å². The summed E-state index contributed by atoms with van der Waals surface area (Å²) in [6, 6.07) is 12.3. The van der Waals surface area contributed by atoms with Crippen LogP contribution in [0.5, 0.6) is 0 Å². The molecule has 4 nitrogen and oxygen atoms in total. The molecule has 3 aromatic rings. The van der Waals surface area contributed by atoms with Crippen molar-refractivity contribution in [3.8, 4) is 0 Å². The van der Waals surface area contributed by atoms with Crippen LogP contribution in [0.15, 0.2) is 55.0 Å². The minimum Gasteiger partial charge on any atom is -0.360 e. The number of pyridine rings is 1. The van der Waals surface area contributed by atoms with Gasteiger partial charge in [0.25, 0.3) is 0 Å². The second-order valence-electron chi connectivity index (χ2n) is 5.70. The summed E-state index contributed by atoms with van der Waals surface area (Å²) in [5.41, 5.74) is 9.42. The Labute approximate surface area is 124 Å². The molecule has 1 unspecified atom stereocenters. The zero-order chi connectivity index (χ0) is 14.9. The minimum absolute atomic E-state index is 0.598. The van der Waals surface area contributed by atoms with Crippen LogP contribution in [-0.2, 0) is 5.54 Å². The third-order valence-corrected chi connectivity index (χ3v) is 3.81. The zero-order valence-electron chi connectivity index (χ0n) is 12.4. The number of rotatable bonds is 4. The van der Waals surface area contributed by atoms with E-state index in [1.54, 1.807) is 0 Å². The highest BCUT2D eigenvalue weighted by Crippen LogP contribution is 2.32. The number of hydrogen-bond acceptors (Lipinski definition) is 3. The number of likely N-dealkylation sites (N-methyl/N-ethyl adjacent to an activating group) is 1. The largest absolute Gasteiger partial charge is 0.360 e. The average molecular weight is 280 g/mol. The molecule has 2 aromatic heterocycles. The van der Waals surface area contributed by atoms with E-state index in [0.29, 0.717) is 6.54 Å². The standard InChI is InChI=1S/C17H20N4/c1-21(2)12-17(18,13-6-4-3-5-7-13)15-10-19-11-16-14(15)8-9-20-16/h3-11,20H,12,18H2,1-2H3. The molecular weight excluding hydrogens is 260 g/mol. The van der Waals surface area contributed by atoms with Gasteiger partial charge in [0.05, 0.1) is 17.3 Å². The third kappa shape index (κ3) is 2.44. The fourth-order valence-electron chi connectivity index (χ4n) is 2.90. The topological polar surface area (TPSA) is 57.9 Å². The predicted octanol–water partition coefficient (Wildman–Crippen LogP) is 2.33. The quantitative estimate of drug-likeness (QED) is 0.771. The van der Waals surface area contributed by atoms with Crippen molar-refractivity contribution in [2.75, 3.05) is 20.6 Å². The molecule has 0 fully saturated rings. The summed E-state index contributed by atoms with van der Waals surface area (Å²) in [4.78, 5) is 9.67. The first-order chi connectivity index (χ1) is 10.1. The van der Waals surface area contributed by atoms with Gasteiger partial charge in [0.15, 0.2) is 0 Å². The molecule has 108 valence electrons. The second kappa shape index (κ2) is 5.31. The minimum atomic E-state index is -0.598. The number of H-pyrrole nitrogens is 1. The van der Waals surface area contributed by atoms with Crippen LogP contribution in [0.4, 0.5) is 0 Å².